The summed E-state index contributed by atoms with van der Waals surface area (Å²) in [4.78, 5) is 15.8. The third-order valence-corrected chi connectivity index (χ3v) is 4.62. The minimum absolute atomic E-state index is 0.686. The summed E-state index contributed by atoms with van der Waals surface area (Å²) in [7, 11) is 0. The van der Waals surface area contributed by atoms with Gasteiger partial charge in [0.1, 0.15) is 5.75 Å². The second-order valence-electron chi connectivity index (χ2n) is 6.40. The highest BCUT2D eigenvalue weighted by atomic mass is 16.5. The van der Waals surface area contributed by atoms with Crippen LogP contribution in [0, 0.1) is 0 Å². The molecule has 0 fully saturated rings. The van der Waals surface area contributed by atoms with Crippen LogP contribution in [0.15, 0.2) is 55.0 Å². The lowest BCUT2D eigenvalue weighted by Gasteiger charge is -2.28. The van der Waals surface area contributed by atoms with Gasteiger partial charge in [-0.3, -0.25) is 9.88 Å². The highest BCUT2D eigenvalue weighted by Gasteiger charge is 2.20. The van der Waals surface area contributed by atoms with Crippen molar-refractivity contribution < 1.29 is 4.74 Å². The van der Waals surface area contributed by atoms with Crippen LogP contribution in [0.1, 0.15) is 23.7 Å². The quantitative estimate of drug-likeness (QED) is 0.708. The lowest BCUT2D eigenvalue weighted by molar-refractivity contribution is 0.237. The fraction of sp³-hybridized carbons (Fsp3) is 0.286. The molecular formula is C21H22N4O. The molecule has 0 unspecified atom stereocenters. The van der Waals surface area contributed by atoms with E-state index in [0.717, 1.165) is 48.9 Å². The Balaban J connectivity index is 1.50. The zero-order chi connectivity index (χ0) is 17.8. The molecule has 5 heteroatoms. The van der Waals surface area contributed by atoms with Crippen LogP contribution in [0.2, 0.25) is 0 Å². The van der Waals surface area contributed by atoms with E-state index in [0.29, 0.717) is 6.61 Å². The van der Waals surface area contributed by atoms with Gasteiger partial charge in [-0.15, -0.1) is 0 Å². The molecule has 0 N–H and O–H groups in total. The molecule has 0 saturated carbocycles. The summed E-state index contributed by atoms with van der Waals surface area (Å²) in [5.41, 5.74) is 4.60. The molecular weight excluding hydrogens is 324 g/mol. The molecule has 1 aliphatic rings. The summed E-state index contributed by atoms with van der Waals surface area (Å²) in [5.74, 6) is 1.76. The van der Waals surface area contributed by atoms with Crippen molar-refractivity contribution in [2.45, 2.75) is 26.4 Å². The highest BCUT2D eigenvalue weighted by Crippen LogP contribution is 2.25. The maximum Gasteiger partial charge on any atom is 0.159 e. The number of benzene rings is 1. The van der Waals surface area contributed by atoms with Crippen molar-refractivity contribution in [3.8, 4) is 17.1 Å². The van der Waals surface area contributed by atoms with E-state index in [1.165, 1.54) is 11.1 Å². The Labute approximate surface area is 153 Å². The van der Waals surface area contributed by atoms with Crippen molar-refractivity contribution in [2.24, 2.45) is 0 Å². The van der Waals surface area contributed by atoms with Gasteiger partial charge in [0, 0.05) is 61.3 Å². The molecule has 0 radical (unpaired) electrons. The smallest absolute Gasteiger partial charge is 0.159 e. The van der Waals surface area contributed by atoms with E-state index in [1.54, 1.807) is 12.4 Å². The van der Waals surface area contributed by atoms with Gasteiger partial charge >= 0.3 is 0 Å². The topological polar surface area (TPSA) is 51.1 Å². The summed E-state index contributed by atoms with van der Waals surface area (Å²) in [6.07, 6.45) is 6.46. The number of pyridine rings is 1. The second kappa shape index (κ2) is 7.62. The average Bonchev–Trinajstić information content (AvgIpc) is 2.70. The Hall–Kier alpha value is -2.79. The normalized spacial score (nSPS) is 14.0. The Bertz CT molecular complexity index is 882. The molecule has 0 saturated heterocycles. The molecule has 0 spiro atoms. The fourth-order valence-electron chi connectivity index (χ4n) is 3.32. The lowest BCUT2D eigenvalue weighted by atomic mass is 10.1. The average molecular weight is 346 g/mol. The molecule has 5 nitrogen and oxygen atoms in total. The van der Waals surface area contributed by atoms with Gasteiger partial charge in [-0.2, -0.15) is 0 Å². The van der Waals surface area contributed by atoms with Gasteiger partial charge in [-0.1, -0.05) is 18.2 Å². The van der Waals surface area contributed by atoms with Crippen LogP contribution in [0.25, 0.3) is 11.4 Å². The van der Waals surface area contributed by atoms with Gasteiger partial charge in [0.15, 0.2) is 5.82 Å². The molecule has 3 heterocycles. The van der Waals surface area contributed by atoms with E-state index < -0.39 is 0 Å². The summed E-state index contributed by atoms with van der Waals surface area (Å²) >= 11 is 0. The number of hydrogen-bond donors (Lipinski definition) is 0. The van der Waals surface area contributed by atoms with E-state index in [2.05, 4.69) is 27.0 Å². The number of fused-ring (bicyclic) bond motifs is 1. The molecule has 26 heavy (non-hydrogen) atoms. The minimum atomic E-state index is 0.686. The van der Waals surface area contributed by atoms with E-state index in [1.807, 2.05) is 37.4 Å². The van der Waals surface area contributed by atoms with Crippen LogP contribution in [0.5, 0.6) is 5.75 Å². The molecule has 1 aromatic carbocycles. The van der Waals surface area contributed by atoms with Gasteiger partial charge in [0.2, 0.25) is 0 Å². The molecule has 132 valence electrons. The van der Waals surface area contributed by atoms with Crippen molar-refractivity contribution in [3.63, 3.8) is 0 Å². The molecule has 0 amide bonds. The molecule has 4 rings (SSSR count). The highest BCUT2D eigenvalue weighted by molar-refractivity contribution is 5.54. The second-order valence-corrected chi connectivity index (χ2v) is 6.40. The van der Waals surface area contributed by atoms with Crippen molar-refractivity contribution >= 4 is 0 Å². The molecule has 2 aromatic heterocycles. The van der Waals surface area contributed by atoms with Crippen LogP contribution in [-0.2, 0) is 19.5 Å². The summed E-state index contributed by atoms with van der Waals surface area (Å²) < 4.78 is 5.76. The maximum absolute atomic E-state index is 5.76. The van der Waals surface area contributed by atoms with Crippen molar-refractivity contribution in [1.82, 2.24) is 19.9 Å². The summed E-state index contributed by atoms with van der Waals surface area (Å²) in [6, 6.07) is 12.2. The Morgan fingerprint density at radius 1 is 1.12 bits per heavy atom. The first-order valence-electron chi connectivity index (χ1n) is 9.01. The van der Waals surface area contributed by atoms with Crippen LogP contribution in [0.3, 0.4) is 0 Å². The molecule has 1 aliphatic heterocycles. The van der Waals surface area contributed by atoms with E-state index in [4.69, 9.17) is 9.72 Å². The Kier molecular flexibility index (Phi) is 4.88. The van der Waals surface area contributed by atoms with E-state index in [9.17, 15) is 0 Å². The standard InChI is InChI=1S/C21H22N4O/c1-2-26-20-6-4-3-5-17(20)14-25-12-9-19-18(15-25)13-23-21(24-19)16-7-10-22-11-8-16/h3-8,10-11,13H,2,9,12,14-15H2,1H3. The monoisotopic (exact) mass is 346 g/mol. The van der Waals surface area contributed by atoms with Crippen LogP contribution in [-0.4, -0.2) is 33.0 Å². The number of rotatable bonds is 5. The molecule has 0 aliphatic carbocycles. The SMILES string of the molecule is CCOc1ccccc1CN1CCc2nc(-c3ccncc3)ncc2C1. The largest absolute Gasteiger partial charge is 0.494 e. The first kappa shape index (κ1) is 16.7. The van der Waals surface area contributed by atoms with Gasteiger partial charge < -0.3 is 4.74 Å². The predicted octanol–water partition coefficient (Wildman–Crippen LogP) is 3.50. The minimum Gasteiger partial charge on any atom is -0.494 e. The predicted molar refractivity (Wildman–Crippen MR) is 101 cm³/mol. The van der Waals surface area contributed by atoms with Crippen LogP contribution < -0.4 is 4.74 Å². The number of hydrogen-bond acceptors (Lipinski definition) is 5. The van der Waals surface area contributed by atoms with Gasteiger partial charge in [-0.05, 0) is 25.1 Å². The Morgan fingerprint density at radius 3 is 2.81 bits per heavy atom. The van der Waals surface area contributed by atoms with Crippen LogP contribution in [0.4, 0.5) is 0 Å². The first-order valence-corrected chi connectivity index (χ1v) is 9.01. The van der Waals surface area contributed by atoms with Gasteiger partial charge in [0.05, 0.1) is 12.3 Å². The van der Waals surface area contributed by atoms with Gasteiger partial charge in [-0.25, -0.2) is 9.97 Å². The van der Waals surface area contributed by atoms with E-state index in [-0.39, 0.29) is 0 Å². The first-order chi connectivity index (χ1) is 12.8. The van der Waals surface area contributed by atoms with Crippen LogP contribution >= 0.6 is 0 Å². The lowest BCUT2D eigenvalue weighted by Crippen LogP contribution is -2.31. The fourth-order valence-corrected chi connectivity index (χ4v) is 3.32. The molecule has 0 atom stereocenters. The number of nitrogens with zero attached hydrogens (tertiary/aromatic N) is 4. The zero-order valence-corrected chi connectivity index (χ0v) is 14.9. The number of ether oxygens (including phenoxy) is 1. The summed E-state index contributed by atoms with van der Waals surface area (Å²) in [6.45, 7) is 5.44. The van der Waals surface area contributed by atoms with Gasteiger partial charge in [0.25, 0.3) is 0 Å². The number of para-hydroxylation sites is 1. The van der Waals surface area contributed by atoms with E-state index >= 15 is 0 Å². The van der Waals surface area contributed by atoms with Crippen molar-refractivity contribution in [1.29, 1.82) is 0 Å². The third kappa shape index (κ3) is 3.58. The van der Waals surface area contributed by atoms with Crippen molar-refractivity contribution in [3.05, 3.63) is 71.8 Å². The zero-order valence-electron chi connectivity index (χ0n) is 14.9. The van der Waals surface area contributed by atoms with Crippen molar-refractivity contribution in [2.75, 3.05) is 13.2 Å². The maximum atomic E-state index is 5.76. The Morgan fingerprint density at radius 2 is 1.96 bits per heavy atom. The summed E-state index contributed by atoms with van der Waals surface area (Å²) in [5, 5.41) is 0. The molecule has 0 bridgehead atoms. The molecule has 3 aromatic rings. The third-order valence-electron chi connectivity index (χ3n) is 4.62. The number of aromatic nitrogens is 3.